The third kappa shape index (κ3) is 2.64. The van der Waals surface area contributed by atoms with E-state index in [4.69, 9.17) is 0 Å². The van der Waals surface area contributed by atoms with Crippen molar-refractivity contribution in [3.05, 3.63) is 0 Å². The van der Waals surface area contributed by atoms with Crippen molar-refractivity contribution in [3.63, 3.8) is 0 Å². The van der Waals surface area contributed by atoms with Crippen LogP contribution in [0.3, 0.4) is 0 Å². The number of halogens is 1. The maximum atomic E-state index is 12.1. The summed E-state index contributed by atoms with van der Waals surface area (Å²) in [6.07, 6.45) is 4.56. The van der Waals surface area contributed by atoms with Crippen LogP contribution in [0.15, 0.2) is 0 Å². The lowest BCUT2D eigenvalue weighted by Gasteiger charge is -2.26. The van der Waals surface area contributed by atoms with Gasteiger partial charge in [0.25, 0.3) is 0 Å². The van der Waals surface area contributed by atoms with Crippen LogP contribution < -0.4 is 5.32 Å². The van der Waals surface area contributed by atoms with Gasteiger partial charge in [-0.25, -0.2) is 0 Å². The zero-order valence-electron chi connectivity index (χ0n) is 9.37. The first-order valence-electron chi connectivity index (χ1n) is 5.84. The fourth-order valence-corrected chi connectivity index (χ4v) is 2.65. The second-order valence-electron chi connectivity index (χ2n) is 4.43. The molecule has 2 aliphatic heterocycles. The van der Waals surface area contributed by atoms with E-state index in [-0.39, 0.29) is 18.3 Å². The Hall–Kier alpha value is -0.280. The number of carbonyl (C=O) groups excluding carboxylic acids is 1. The summed E-state index contributed by atoms with van der Waals surface area (Å²) in [5, 5.41) is 3.26. The molecule has 1 unspecified atom stereocenters. The summed E-state index contributed by atoms with van der Waals surface area (Å²) in [5.41, 5.74) is 0. The number of nitrogens with zero attached hydrogens (tertiary/aromatic N) is 1. The zero-order chi connectivity index (χ0) is 9.97. The fourth-order valence-electron chi connectivity index (χ4n) is 2.65. The Morgan fingerprint density at radius 2 is 2.27 bits per heavy atom. The molecule has 3 nitrogen and oxygen atoms in total. The Bertz CT molecular complexity index is 217. The van der Waals surface area contributed by atoms with E-state index in [2.05, 4.69) is 17.1 Å². The SMILES string of the molecule is CCC1CCCN1C(=O)[C@@H]1CCNC1.Cl. The number of rotatable bonds is 2. The molecule has 4 heteroatoms. The molecule has 2 fully saturated rings. The zero-order valence-corrected chi connectivity index (χ0v) is 10.2. The molecule has 2 aliphatic rings. The lowest BCUT2D eigenvalue weighted by molar-refractivity contribution is -0.135. The number of carbonyl (C=O) groups is 1. The van der Waals surface area contributed by atoms with E-state index in [1.807, 2.05) is 0 Å². The van der Waals surface area contributed by atoms with Gasteiger partial charge in [0.05, 0.1) is 5.92 Å². The first kappa shape index (κ1) is 12.8. The van der Waals surface area contributed by atoms with Gasteiger partial charge in [-0.05, 0) is 32.2 Å². The lowest BCUT2D eigenvalue weighted by atomic mass is 10.1. The smallest absolute Gasteiger partial charge is 0.227 e. The maximum Gasteiger partial charge on any atom is 0.227 e. The van der Waals surface area contributed by atoms with E-state index >= 15 is 0 Å². The highest BCUT2D eigenvalue weighted by Crippen LogP contribution is 2.23. The first-order valence-corrected chi connectivity index (χ1v) is 5.84. The molecule has 2 rings (SSSR count). The van der Waals surface area contributed by atoms with Crippen molar-refractivity contribution in [2.75, 3.05) is 19.6 Å². The van der Waals surface area contributed by atoms with Crippen molar-refractivity contribution < 1.29 is 4.79 Å². The molecule has 15 heavy (non-hydrogen) atoms. The van der Waals surface area contributed by atoms with Crippen molar-refractivity contribution in [1.29, 1.82) is 0 Å². The molecule has 1 amide bonds. The molecule has 0 bridgehead atoms. The molecule has 2 saturated heterocycles. The highest BCUT2D eigenvalue weighted by molar-refractivity contribution is 5.85. The Morgan fingerprint density at radius 3 is 2.87 bits per heavy atom. The number of nitrogens with one attached hydrogen (secondary N) is 1. The number of hydrogen-bond donors (Lipinski definition) is 1. The van der Waals surface area contributed by atoms with Crippen molar-refractivity contribution >= 4 is 18.3 Å². The molecule has 0 aliphatic carbocycles. The summed E-state index contributed by atoms with van der Waals surface area (Å²) in [6, 6.07) is 0.531. The van der Waals surface area contributed by atoms with Gasteiger partial charge in [-0.2, -0.15) is 0 Å². The third-order valence-corrected chi connectivity index (χ3v) is 3.54. The molecule has 0 aromatic carbocycles. The predicted molar refractivity (Wildman–Crippen MR) is 63.3 cm³/mol. The van der Waals surface area contributed by atoms with E-state index in [1.165, 1.54) is 12.8 Å². The predicted octanol–water partition coefficient (Wildman–Crippen LogP) is 1.42. The lowest BCUT2D eigenvalue weighted by Crippen LogP contribution is -2.40. The summed E-state index contributed by atoms with van der Waals surface area (Å²) < 4.78 is 0. The van der Waals surface area contributed by atoms with Crippen LogP contribution in [-0.4, -0.2) is 36.5 Å². The summed E-state index contributed by atoms with van der Waals surface area (Å²) in [6.45, 7) is 5.09. The quantitative estimate of drug-likeness (QED) is 0.781. The Labute approximate surface area is 98.0 Å². The van der Waals surface area contributed by atoms with Gasteiger partial charge in [0.1, 0.15) is 0 Å². The molecule has 0 radical (unpaired) electrons. The van der Waals surface area contributed by atoms with Gasteiger partial charge in [0.15, 0.2) is 0 Å². The molecule has 1 N–H and O–H groups in total. The maximum absolute atomic E-state index is 12.1. The summed E-state index contributed by atoms with van der Waals surface area (Å²) >= 11 is 0. The molecule has 0 spiro atoms. The summed E-state index contributed by atoms with van der Waals surface area (Å²) in [4.78, 5) is 14.2. The normalized spacial score (nSPS) is 30.3. The van der Waals surface area contributed by atoms with Crippen LogP contribution in [-0.2, 0) is 4.79 Å². The third-order valence-electron chi connectivity index (χ3n) is 3.54. The molecular formula is C11H21ClN2O. The van der Waals surface area contributed by atoms with Crippen molar-refractivity contribution in [2.24, 2.45) is 5.92 Å². The Balaban J connectivity index is 0.00000112. The van der Waals surface area contributed by atoms with Gasteiger partial charge in [0, 0.05) is 19.1 Å². The monoisotopic (exact) mass is 232 g/mol. The minimum Gasteiger partial charge on any atom is -0.339 e. The number of likely N-dealkylation sites (tertiary alicyclic amines) is 1. The second kappa shape index (κ2) is 5.71. The van der Waals surface area contributed by atoms with E-state index in [9.17, 15) is 4.79 Å². The van der Waals surface area contributed by atoms with Crippen molar-refractivity contribution in [1.82, 2.24) is 10.2 Å². The molecule has 88 valence electrons. The van der Waals surface area contributed by atoms with Crippen molar-refractivity contribution in [3.8, 4) is 0 Å². The van der Waals surface area contributed by atoms with Gasteiger partial charge in [-0.3, -0.25) is 4.79 Å². The molecule has 0 saturated carbocycles. The van der Waals surface area contributed by atoms with Gasteiger partial charge in [-0.1, -0.05) is 6.92 Å². The van der Waals surface area contributed by atoms with Crippen LogP contribution in [0.2, 0.25) is 0 Å². The van der Waals surface area contributed by atoms with Crippen LogP contribution in [0.1, 0.15) is 32.6 Å². The molecule has 2 heterocycles. The van der Waals surface area contributed by atoms with Crippen LogP contribution in [0.25, 0.3) is 0 Å². The first-order chi connectivity index (χ1) is 6.83. The average molecular weight is 233 g/mol. The number of hydrogen-bond acceptors (Lipinski definition) is 2. The minimum absolute atomic E-state index is 0. The van der Waals surface area contributed by atoms with Crippen LogP contribution >= 0.6 is 12.4 Å². The average Bonchev–Trinajstić information content (AvgIpc) is 2.87. The van der Waals surface area contributed by atoms with E-state index < -0.39 is 0 Å². The number of amides is 1. The standard InChI is InChI=1S/C11H20N2O.ClH/c1-2-10-4-3-7-13(10)11(14)9-5-6-12-8-9;/h9-10,12H,2-8H2,1H3;1H/t9-,10?;/m1./s1. The van der Waals surface area contributed by atoms with E-state index in [1.54, 1.807) is 0 Å². The molecular weight excluding hydrogens is 212 g/mol. The van der Waals surface area contributed by atoms with E-state index in [0.29, 0.717) is 11.9 Å². The topological polar surface area (TPSA) is 32.3 Å². The molecule has 0 aromatic heterocycles. The van der Waals surface area contributed by atoms with Crippen molar-refractivity contribution in [2.45, 2.75) is 38.6 Å². The minimum atomic E-state index is 0. The summed E-state index contributed by atoms with van der Waals surface area (Å²) in [7, 11) is 0. The Morgan fingerprint density at radius 1 is 1.47 bits per heavy atom. The fraction of sp³-hybridized carbons (Fsp3) is 0.909. The highest BCUT2D eigenvalue weighted by atomic mass is 35.5. The van der Waals surface area contributed by atoms with Crippen LogP contribution in [0.5, 0.6) is 0 Å². The van der Waals surface area contributed by atoms with Crippen LogP contribution in [0, 0.1) is 5.92 Å². The summed E-state index contributed by atoms with van der Waals surface area (Å²) in [5.74, 6) is 0.668. The van der Waals surface area contributed by atoms with Gasteiger partial charge < -0.3 is 10.2 Å². The molecule has 2 atom stereocenters. The largest absolute Gasteiger partial charge is 0.339 e. The highest BCUT2D eigenvalue weighted by Gasteiger charge is 2.33. The van der Waals surface area contributed by atoms with Gasteiger partial charge in [-0.15, -0.1) is 12.4 Å². The Kier molecular flexibility index (Phi) is 4.87. The van der Waals surface area contributed by atoms with Gasteiger partial charge in [0.2, 0.25) is 5.91 Å². The van der Waals surface area contributed by atoms with E-state index in [0.717, 1.165) is 32.5 Å². The second-order valence-corrected chi connectivity index (χ2v) is 4.43. The molecule has 0 aromatic rings. The van der Waals surface area contributed by atoms with Crippen LogP contribution in [0.4, 0.5) is 0 Å². The van der Waals surface area contributed by atoms with Gasteiger partial charge >= 0.3 is 0 Å².